The molecule has 0 saturated carbocycles. The Morgan fingerprint density at radius 1 is 0.647 bits per heavy atom. The van der Waals surface area contributed by atoms with Gasteiger partial charge in [-0.25, -0.2) is 0 Å². The van der Waals surface area contributed by atoms with Crippen LogP contribution in [0.5, 0.6) is 0 Å². The Labute approximate surface area is 96.7 Å². The molecule has 1 aliphatic rings. The fourth-order valence-electron chi connectivity index (χ4n) is 0.664. The van der Waals surface area contributed by atoms with Gasteiger partial charge in [0.25, 0.3) is 0 Å². The highest BCUT2D eigenvalue weighted by Crippen LogP contribution is 1.81. The van der Waals surface area contributed by atoms with Gasteiger partial charge in [0.2, 0.25) is 0 Å². The minimum absolute atomic E-state index is 1.33. The molecule has 0 bridgehead atoms. The van der Waals surface area contributed by atoms with Crippen LogP contribution in [0.3, 0.4) is 0 Å². The third-order valence-electron chi connectivity index (χ3n) is 1.26. The number of rotatable bonds is 0. The van der Waals surface area contributed by atoms with Crippen molar-refractivity contribution in [1.82, 2.24) is 46.6 Å². The summed E-state index contributed by atoms with van der Waals surface area (Å²) in [4.78, 5) is 0. The van der Waals surface area contributed by atoms with E-state index >= 15 is 0 Å². The normalized spacial score (nSPS) is 11.3. The molecule has 9 nitrogen and oxygen atoms in total. The first-order chi connectivity index (χ1) is 8.50. The second-order valence-corrected chi connectivity index (χ2v) is 2.39. The number of tetrazole rings is 2. The zero-order valence-corrected chi connectivity index (χ0v) is 8.80. The monoisotopic (exact) mass is 233 g/mol. The molecule has 0 amide bonds. The third-order valence-corrected chi connectivity index (χ3v) is 1.26. The molecular weight excluding hydrogens is 222 g/mol. The van der Waals surface area contributed by atoms with Crippen LogP contribution >= 0.6 is 0 Å². The van der Waals surface area contributed by atoms with Gasteiger partial charge in [-0.3, -0.25) is 0 Å². The fraction of sp³-hybridized carbons (Fsp3) is 0. The molecule has 3 rings (SSSR count). The van der Waals surface area contributed by atoms with Crippen molar-refractivity contribution in [2.24, 2.45) is 0 Å². The summed E-state index contributed by atoms with van der Waals surface area (Å²) in [5.41, 5.74) is 0. The van der Waals surface area contributed by atoms with Crippen LogP contribution < -0.4 is 5.32 Å². The van der Waals surface area contributed by atoms with E-state index in [0.29, 0.717) is 0 Å². The fourth-order valence-corrected chi connectivity index (χ4v) is 0.664. The number of hydrogen-bond donors (Lipinski definition) is 3. The quantitative estimate of drug-likeness (QED) is 0.564. The Kier molecular flexibility index (Phi) is 6.98. The number of aromatic nitrogens is 8. The molecule has 0 aromatic carbocycles. The smallest absolute Gasteiger partial charge is 0.161 e. The highest BCUT2D eigenvalue weighted by molar-refractivity contribution is 5.14. The molecule has 0 aliphatic carbocycles. The van der Waals surface area contributed by atoms with Crippen molar-refractivity contribution in [3.05, 3.63) is 49.4 Å². The molecule has 2 aromatic rings. The minimum atomic E-state index is 1.33. The molecule has 0 radical (unpaired) electrons. The van der Waals surface area contributed by atoms with Crippen LogP contribution in [0.2, 0.25) is 0 Å². The average Bonchev–Trinajstić information content (AvgIpc) is 3.04. The van der Waals surface area contributed by atoms with Crippen molar-refractivity contribution in [2.75, 3.05) is 0 Å². The summed E-state index contributed by atoms with van der Waals surface area (Å²) in [6.45, 7) is 0. The van der Waals surface area contributed by atoms with E-state index in [1.807, 2.05) is 36.7 Å². The van der Waals surface area contributed by atoms with Gasteiger partial charge >= 0.3 is 0 Å². The highest BCUT2D eigenvalue weighted by Gasteiger charge is 1.67. The van der Waals surface area contributed by atoms with Gasteiger partial charge in [-0.1, -0.05) is 22.6 Å². The van der Waals surface area contributed by atoms with E-state index in [9.17, 15) is 0 Å². The molecule has 17 heavy (non-hydrogen) atoms. The first-order valence-electron chi connectivity index (χ1n) is 4.57. The summed E-state index contributed by atoms with van der Waals surface area (Å²) in [7, 11) is 0. The molecule has 1 aliphatic heterocycles. The van der Waals surface area contributed by atoms with Crippen LogP contribution in [0, 0.1) is 0 Å². The maximum Gasteiger partial charge on any atom is 0.161 e. The predicted molar refractivity (Wildman–Crippen MR) is 58.9 cm³/mol. The van der Waals surface area contributed by atoms with Crippen LogP contribution in [-0.2, 0) is 0 Å². The molecule has 0 fully saturated rings. The van der Waals surface area contributed by atoms with Gasteiger partial charge in [0.1, 0.15) is 0 Å². The summed E-state index contributed by atoms with van der Waals surface area (Å²) in [6, 6.07) is 0. The van der Waals surface area contributed by atoms with Crippen molar-refractivity contribution in [3.63, 3.8) is 0 Å². The lowest BCUT2D eigenvalue weighted by atomic mass is 10.5. The van der Waals surface area contributed by atoms with Crippen LogP contribution in [0.15, 0.2) is 49.4 Å². The first kappa shape index (κ1) is 12.2. The standard InChI is InChI=1S/C6H7N.2CH2N4/c1-2-4-6-7-5-3-1;2*1-2-4-5-3-1/h1-7H;2*1H,(H,2,3,4,5). The van der Waals surface area contributed by atoms with E-state index in [0.717, 1.165) is 0 Å². The topological polar surface area (TPSA) is 121 Å². The molecular formula is C8H11N9. The Morgan fingerprint density at radius 2 is 1.18 bits per heavy atom. The van der Waals surface area contributed by atoms with Gasteiger partial charge in [-0.2, -0.15) is 10.4 Å². The number of allylic oxidation sites excluding steroid dienone is 4. The summed E-state index contributed by atoms with van der Waals surface area (Å²) < 4.78 is 0. The van der Waals surface area contributed by atoms with Crippen LogP contribution in [-0.4, -0.2) is 41.2 Å². The van der Waals surface area contributed by atoms with Crippen molar-refractivity contribution < 1.29 is 0 Å². The van der Waals surface area contributed by atoms with Crippen molar-refractivity contribution in [3.8, 4) is 0 Å². The van der Waals surface area contributed by atoms with E-state index in [-0.39, 0.29) is 0 Å². The summed E-state index contributed by atoms with van der Waals surface area (Å²) >= 11 is 0. The third kappa shape index (κ3) is 8.17. The zero-order valence-electron chi connectivity index (χ0n) is 8.80. The SMILES string of the molecule is C1=CC=CNC=C1.c1nn[nH]n1.c1nn[nH]n1. The maximum atomic E-state index is 3.38. The number of hydrogen-bond acceptors (Lipinski definition) is 7. The van der Waals surface area contributed by atoms with E-state index < -0.39 is 0 Å². The molecule has 9 heteroatoms. The first-order valence-corrected chi connectivity index (χ1v) is 4.57. The maximum absolute atomic E-state index is 3.38. The molecule has 0 unspecified atom stereocenters. The predicted octanol–water partition coefficient (Wildman–Crippen LogP) is -0.427. The Morgan fingerprint density at radius 3 is 1.47 bits per heavy atom. The summed E-state index contributed by atoms with van der Waals surface area (Å²) in [5.74, 6) is 0. The molecule has 2 aromatic heterocycles. The number of nitrogens with zero attached hydrogens (tertiary/aromatic N) is 6. The summed E-state index contributed by atoms with van der Waals surface area (Å²) in [6.07, 6.45) is 14.2. The van der Waals surface area contributed by atoms with Crippen LogP contribution in [0.25, 0.3) is 0 Å². The average molecular weight is 233 g/mol. The van der Waals surface area contributed by atoms with E-state index in [1.165, 1.54) is 12.7 Å². The Hall–Kier alpha value is -2.84. The van der Waals surface area contributed by atoms with Gasteiger partial charge in [-0.15, -0.1) is 20.4 Å². The Balaban J connectivity index is 0.000000130. The molecule has 0 saturated heterocycles. The lowest BCUT2D eigenvalue weighted by Gasteiger charge is -1.79. The Bertz CT molecular complexity index is 339. The van der Waals surface area contributed by atoms with Gasteiger partial charge in [0.15, 0.2) is 12.7 Å². The van der Waals surface area contributed by atoms with E-state index in [4.69, 9.17) is 0 Å². The number of H-pyrrole nitrogens is 2. The molecule has 88 valence electrons. The molecule has 3 heterocycles. The second-order valence-electron chi connectivity index (χ2n) is 2.39. The van der Waals surface area contributed by atoms with E-state index in [2.05, 4.69) is 46.6 Å². The number of aromatic amines is 2. The molecule has 0 spiro atoms. The van der Waals surface area contributed by atoms with Gasteiger partial charge < -0.3 is 5.32 Å². The second kappa shape index (κ2) is 9.71. The molecule has 0 atom stereocenters. The van der Waals surface area contributed by atoms with Crippen molar-refractivity contribution >= 4 is 0 Å². The van der Waals surface area contributed by atoms with Gasteiger partial charge in [0, 0.05) is 12.4 Å². The van der Waals surface area contributed by atoms with Crippen molar-refractivity contribution in [2.45, 2.75) is 0 Å². The number of nitrogens with one attached hydrogen (secondary N) is 3. The highest BCUT2D eigenvalue weighted by atomic mass is 15.5. The lowest BCUT2D eigenvalue weighted by molar-refractivity contribution is 0.881. The van der Waals surface area contributed by atoms with Gasteiger partial charge in [-0.05, 0) is 12.2 Å². The van der Waals surface area contributed by atoms with Crippen molar-refractivity contribution in [1.29, 1.82) is 0 Å². The minimum Gasteiger partial charge on any atom is -0.368 e. The van der Waals surface area contributed by atoms with Gasteiger partial charge in [0.05, 0.1) is 0 Å². The largest absolute Gasteiger partial charge is 0.368 e. The summed E-state index contributed by atoms with van der Waals surface area (Å²) in [5, 5.41) is 27.3. The van der Waals surface area contributed by atoms with Crippen LogP contribution in [0.4, 0.5) is 0 Å². The van der Waals surface area contributed by atoms with E-state index in [1.54, 1.807) is 0 Å². The molecule has 3 N–H and O–H groups in total. The van der Waals surface area contributed by atoms with Crippen LogP contribution in [0.1, 0.15) is 0 Å². The zero-order chi connectivity index (χ0) is 12.0. The lowest BCUT2D eigenvalue weighted by Crippen LogP contribution is -1.87.